The van der Waals surface area contributed by atoms with Crippen molar-refractivity contribution in [3.63, 3.8) is 0 Å². The van der Waals surface area contributed by atoms with Crippen LogP contribution >= 0.6 is 0 Å². The first-order valence-corrected chi connectivity index (χ1v) is 8.25. The van der Waals surface area contributed by atoms with E-state index in [-0.39, 0.29) is 11.7 Å². The van der Waals surface area contributed by atoms with Crippen LogP contribution in [-0.2, 0) is 4.74 Å². The minimum absolute atomic E-state index is 0.0570. The summed E-state index contributed by atoms with van der Waals surface area (Å²) in [4.78, 5) is 6.83. The van der Waals surface area contributed by atoms with Crippen LogP contribution in [0.3, 0.4) is 0 Å². The molecular weight excluding hydrogens is 264 g/mol. The molecule has 1 atom stereocenters. The van der Waals surface area contributed by atoms with Crippen LogP contribution in [0.2, 0.25) is 0 Å². The Balaban J connectivity index is 1.29. The molecule has 3 aliphatic rings. The summed E-state index contributed by atoms with van der Waals surface area (Å²) in [5.74, 6) is 1.69. The number of aromatic nitrogens is 1. The molecular formula is C17H24N2O2. The van der Waals surface area contributed by atoms with Gasteiger partial charge in [0.05, 0.1) is 12.2 Å². The third-order valence-electron chi connectivity index (χ3n) is 5.14. The largest absolute Gasteiger partial charge is 0.474 e. The van der Waals surface area contributed by atoms with Crippen LogP contribution in [0.1, 0.15) is 32.1 Å². The maximum atomic E-state index is 6.09. The normalized spacial score (nSPS) is 28.9. The Kier molecular flexibility index (Phi) is 3.59. The van der Waals surface area contributed by atoms with E-state index < -0.39 is 0 Å². The van der Waals surface area contributed by atoms with Crippen LogP contribution < -0.4 is 4.74 Å². The Hall–Kier alpha value is -1.13. The van der Waals surface area contributed by atoms with Crippen LogP contribution in [-0.4, -0.2) is 47.8 Å². The predicted molar refractivity (Wildman–Crippen MR) is 80.4 cm³/mol. The third-order valence-corrected chi connectivity index (χ3v) is 5.14. The average Bonchev–Trinajstić information content (AvgIpc) is 2.42. The maximum absolute atomic E-state index is 6.09. The Morgan fingerprint density at radius 2 is 2.19 bits per heavy atom. The van der Waals surface area contributed by atoms with Gasteiger partial charge in [0.2, 0.25) is 5.88 Å². The zero-order chi connectivity index (χ0) is 14.1. The molecule has 1 aromatic rings. The van der Waals surface area contributed by atoms with E-state index in [1.54, 1.807) is 6.20 Å². The summed E-state index contributed by atoms with van der Waals surface area (Å²) in [5.41, 5.74) is 0.0570. The van der Waals surface area contributed by atoms with Crippen molar-refractivity contribution in [2.45, 2.75) is 43.8 Å². The first-order valence-electron chi connectivity index (χ1n) is 8.25. The first-order chi connectivity index (χ1) is 10.3. The maximum Gasteiger partial charge on any atom is 0.213 e. The molecule has 4 rings (SSSR count). The number of likely N-dealkylation sites (tertiary alicyclic amines) is 1. The molecule has 114 valence electrons. The molecule has 2 aliphatic heterocycles. The fraction of sp³-hybridized carbons (Fsp3) is 0.706. The lowest BCUT2D eigenvalue weighted by Crippen LogP contribution is -2.66. The summed E-state index contributed by atoms with van der Waals surface area (Å²) in [6, 6.07) is 5.83. The van der Waals surface area contributed by atoms with Gasteiger partial charge in [-0.05, 0) is 24.8 Å². The summed E-state index contributed by atoms with van der Waals surface area (Å²) in [6.45, 7) is 4.27. The Bertz CT molecular complexity index is 469. The van der Waals surface area contributed by atoms with E-state index in [0.29, 0.717) is 0 Å². The molecule has 1 spiro atoms. The van der Waals surface area contributed by atoms with E-state index in [1.807, 2.05) is 18.2 Å². The summed E-state index contributed by atoms with van der Waals surface area (Å²) < 4.78 is 12.1. The van der Waals surface area contributed by atoms with Gasteiger partial charge in [-0.2, -0.15) is 0 Å². The fourth-order valence-electron chi connectivity index (χ4n) is 3.83. The highest BCUT2D eigenvalue weighted by molar-refractivity contribution is 5.11. The second-order valence-corrected chi connectivity index (χ2v) is 6.90. The van der Waals surface area contributed by atoms with Gasteiger partial charge >= 0.3 is 0 Å². The molecule has 0 aromatic carbocycles. The Morgan fingerprint density at radius 1 is 1.29 bits per heavy atom. The highest BCUT2D eigenvalue weighted by atomic mass is 16.5. The zero-order valence-corrected chi connectivity index (χ0v) is 12.5. The van der Waals surface area contributed by atoms with E-state index in [2.05, 4.69) is 9.88 Å². The second-order valence-electron chi connectivity index (χ2n) is 6.90. The summed E-state index contributed by atoms with van der Waals surface area (Å²) in [7, 11) is 0. The van der Waals surface area contributed by atoms with Gasteiger partial charge < -0.3 is 9.47 Å². The average molecular weight is 288 g/mol. The standard InChI is InChI=1S/C17H24N2O2/c1-2-8-18-16(6-1)21-15-7-9-20-17(10-15)12-19(13-17)11-14-4-3-5-14/h1-2,6,8,14-15H,3-5,7,9-13H2/t15-/m1/s1. The topological polar surface area (TPSA) is 34.6 Å². The number of hydrogen-bond acceptors (Lipinski definition) is 4. The van der Waals surface area contributed by atoms with E-state index in [4.69, 9.17) is 9.47 Å². The number of pyridine rings is 1. The molecule has 4 heteroatoms. The van der Waals surface area contributed by atoms with Crippen LogP contribution in [0.5, 0.6) is 5.88 Å². The lowest BCUT2D eigenvalue weighted by atomic mass is 9.80. The van der Waals surface area contributed by atoms with Crippen molar-refractivity contribution in [1.29, 1.82) is 0 Å². The van der Waals surface area contributed by atoms with Crippen molar-refractivity contribution < 1.29 is 9.47 Å². The van der Waals surface area contributed by atoms with Crippen molar-refractivity contribution in [3.8, 4) is 5.88 Å². The molecule has 0 bridgehead atoms. The molecule has 0 unspecified atom stereocenters. The summed E-state index contributed by atoms with van der Waals surface area (Å²) in [6.07, 6.45) is 8.30. The summed E-state index contributed by atoms with van der Waals surface area (Å²) >= 11 is 0. The molecule has 3 heterocycles. The van der Waals surface area contributed by atoms with Crippen molar-refractivity contribution in [1.82, 2.24) is 9.88 Å². The molecule has 1 aromatic heterocycles. The minimum Gasteiger partial charge on any atom is -0.474 e. The number of nitrogens with zero attached hydrogens (tertiary/aromatic N) is 2. The molecule has 1 saturated carbocycles. The van der Waals surface area contributed by atoms with Crippen LogP contribution in [0.4, 0.5) is 0 Å². The molecule has 1 aliphatic carbocycles. The Labute approximate surface area is 126 Å². The minimum atomic E-state index is 0.0570. The van der Waals surface area contributed by atoms with Crippen molar-refractivity contribution in [3.05, 3.63) is 24.4 Å². The molecule has 0 N–H and O–H groups in total. The number of hydrogen-bond donors (Lipinski definition) is 0. The van der Waals surface area contributed by atoms with Gasteiger partial charge in [-0.3, -0.25) is 4.90 Å². The highest BCUT2D eigenvalue weighted by Gasteiger charge is 2.48. The monoisotopic (exact) mass is 288 g/mol. The van der Waals surface area contributed by atoms with E-state index in [9.17, 15) is 0 Å². The van der Waals surface area contributed by atoms with E-state index >= 15 is 0 Å². The second kappa shape index (κ2) is 5.58. The fourth-order valence-corrected chi connectivity index (χ4v) is 3.83. The van der Waals surface area contributed by atoms with Gasteiger partial charge in [-0.25, -0.2) is 4.98 Å². The number of ether oxygens (including phenoxy) is 2. The van der Waals surface area contributed by atoms with Gasteiger partial charge in [0, 0.05) is 44.7 Å². The smallest absolute Gasteiger partial charge is 0.213 e. The van der Waals surface area contributed by atoms with Crippen LogP contribution in [0.25, 0.3) is 0 Å². The van der Waals surface area contributed by atoms with Crippen molar-refractivity contribution in [2.24, 2.45) is 5.92 Å². The lowest BCUT2D eigenvalue weighted by Gasteiger charge is -2.54. The first kappa shape index (κ1) is 13.5. The van der Waals surface area contributed by atoms with Gasteiger partial charge in [-0.15, -0.1) is 0 Å². The summed E-state index contributed by atoms with van der Waals surface area (Å²) in [5, 5.41) is 0. The van der Waals surface area contributed by atoms with Crippen LogP contribution in [0.15, 0.2) is 24.4 Å². The Morgan fingerprint density at radius 3 is 2.90 bits per heavy atom. The molecule has 21 heavy (non-hydrogen) atoms. The molecule has 4 nitrogen and oxygen atoms in total. The van der Waals surface area contributed by atoms with Gasteiger partial charge in [0.15, 0.2) is 0 Å². The van der Waals surface area contributed by atoms with Gasteiger partial charge in [0.1, 0.15) is 6.10 Å². The van der Waals surface area contributed by atoms with Gasteiger partial charge in [-0.1, -0.05) is 12.5 Å². The van der Waals surface area contributed by atoms with Crippen molar-refractivity contribution in [2.75, 3.05) is 26.2 Å². The number of rotatable bonds is 4. The van der Waals surface area contributed by atoms with E-state index in [0.717, 1.165) is 44.3 Å². The lowest BCUT2D eigenvalue weighted by molar-refractivity contribution is -0.189. The molecule has 2 saturated heterocycles. The molecule has 0 radical (unpaired) electrons. The SMILES string of the molecule is c1ccc(O[C@@H]2CCOC3(C2)CN(CC2CCC2)C3)nc1. The zero-order valence-electron chi connectivity index (χ0n) is 12.5. The highest BCUT2D eigenvalue weighted by Crippen LogP contribution is 2.37. The van der Waals surface area contributed by atoms with E-state index in [1.165, 1.54) is 25.8 Å². The molecule has 3 fully saturated rings. The van der Waals surface area contributed by atoms with Crippen LogP contribution in [0, 0.1) is 5.92 Å². The third kappa shape index (κ3) is 2.92. The molecule has 0 amide bonds. The van der Waals surface area contributed by atoms with Gasteiger partial charge in [0.25, 0.3) is 0 Å². The van der Waals surface area contributed by atoms with Crippen molar-refractivity contribution >= 4 is 0 Å². The quantitative estimate of drug-likeness (QED) is 0.852. The predicted octanol–water partition coefficient (Wildman–Crippen LogP) is 2.49.